The third-order valence-electron chi connectivity index (χ3n) is 5.06. The monoisotopic (exact) mass is 461 g/mol. The summed E-state index contributed by atoms with van der Waals surface area (Å²) in [6.45, 7) is 2.26. The molecule has 2 aromatic rings. The van der Waals surface area contributed by atoms with Gasteiger partial charge < -0.3 is 26.7 Å². The molecule has 1 aliphatic rings. The van der Waals surface area contributed by atoms with E-state index in [1.165, 1.54) is 0 Å². The van der Waals surface area contributed by atoms with Gasteiger partial charge in [-0.2, -0.15) is 0 Å². The number of nitrogens with two attached hydrogens (primary N) is 1. The first-order chi connectivity index (χ1) is 12.5. The smallest absolute Gasteiger partial charge is 0.227 e. The molecule has 1 saturated heterocycles. The quantitative estimate of drug-likeness (QED) is 0.626. The summed E-state index contributed by atoms with van der Waals surface area (Å²) < 4.78 is 0. The predicted molar refractivity (Wildman–Crippen MR) is 125 cm³/mol. The van der Waals surface area contributed by atoms with E-state index in [0.29, 0.717) is 18.7 Å². The maximum atomic E-state index is 12.9. The number of likely N-dealkylation sites (N-methyl/N-ethyl adjacent to an activating group) is 1. The Balaban J connectivity index is 0. The lowest BCUT2D eigenvalue weighted by Gasteiger charge is -2.32. The molecule has 0 aromatic heterocycles. The number of hydrogen-bond donors (Lipinski definition) is 2. The van der Waals surface area contributed by atoms with E-state index in [-0.39, 0.29) is 53.8 Å². The van der Waals surface area contributed by atoms with Gasteiger partial charge in [-0.1, -0.05) is 42.5 Å². The van der Waals surface area contributed by atoms with Crippen LogP contribution in [0.15, 0.2) is 54.6 Å². The number of hydrogen-bond acceptors (Lipinski definition) is 4. The first kappa shape index (κ1) is 30.3. The summed E-state index contributed by atoms with van der Waals surface area (Å²) in [6, 6.07) is 17.5. The molecule has 2 atom stereocenters. The van der Waals surface area contributed by atoms with Crippen molar-refractivity contribution in [3.8, 4) is 0 Å². The summed E-state index contributed by atoms with van der Waals surface area (Å²) in [5.41, 5.74) is 8.49. The zero-order valence-electron chi connectivity index (χ0n) is 17.0. The molecule has 0 saturated carbocycles. The number of aliphatic hydroxyl groups is 1. The lowest BCUT2D eigenvalue weighted by Crippen LogP contribution is -2.39. The molecule has 9 heteroatoms. The highest BCUT2D eigenvalue weighted by molar-refractivity contribution is 5.85. The molecule has 30 heavy (non-hydrogen) atoms. The number of nitrogen functional groups attached to an aromatic ring is 1. The van der Waals surface area contributed by atoms with Gasteiger partial charge in [-0.05, 0) is 29.7 Å². The maximum absolute atomic E-state index is 12.9. The molecule has 1 amide bonds. The lowest BCUT2D eigenvalue weighted by atomic mass is 10.0. The van der Waals surface area contributed by atoms with Crippen molar-refractivity contribution >= 4 is 36.4 Å². The van der Waals surface area contributed by atoms with Crippen LogP contribution in [-0.4, -0.2) is 64.6 Å². The first-order valence-electron chi connectivity index (χ1n) is 9.08. The van der Waals surface area contributed by atoms with Crippen LogP contribution in [0, 0.1) is 0 Å². The van der Waals surface area contributed by atoms with Gasteiger partial charge in [0.2, 0.25) is 5.91 Å². The van der Waals surface area contributed by atoms with Crippen LogP contribution in [0.1, 0.15) is 23.6 Å². The number of benzene rings is 2. The standard InChI is InChI=1S/C21H27N3O2.2ClH.2H2O/c1-23(21(26)13-16-7-9-18(22)10-8-16)20(17-5-3-2-4-6-17)15-24-12-11-19(25)14-24;;;;/h2-10,19-20,25H,11-15,22H2,1H3;2*1H;2*1H2/t19?,20-;;;;/m0..../s1. The van der Waals surface area contributed by atoms with Crippen molar-refractivity contribution < 1.29 is 20.9 Å². The van der Waals surface area contributed by atoms with Crippen LogP contribution in [0.4, 0.5) is 5.69 Å². The summed E-state index contributed by atoms with van der Waals surface area (Å²) in [4.78, 5) is 16.9. The fraction of sp³-hybridized carbons (Fsp3) is 0.381. The second-order valence-corrected chi connectivity index (χ2v) is 7.05. The Morgan fingerprint density at radius 1 is 1.13 bits per heavy atom. The number of likely N-dealkylation sites (tertiary alicyclic amines) is 1. The fourth-order valence-electron chi connectivity index (χ4n) is 3.46. The Labute approximate surface area is 190 Å². The molecule has 1 aliphatic heterocycles. The minimum Gasteiger partial charge on any atom is -0.412 e. The maximum Gasteiger partial charge on any atom is 0.227 e. The molecule has 170 valence electrons. The van der Waals surface area contributed by atoms with Crippen molar-refractivity contribution in [3.63, 3.8) is 0 Å². The first-order valence-corrected chi connectivity index (χ1v) is 9.08. The molecule has 3 rings (SSSR count). The van der Waals surface area contributed by atoms with Crippen LogP contribution in [0.2, 0.25) is 0 Å². The Kier molecular flexibility index (Phi) is 14.3. The van der Waals surface area contributed by atoms with Crippen molar-refractivity contribution in [2.45, 2.75) is 25.0 Å². The molecule has 7 N–H and O–H groups in total. The molecule has 1 unspecified atom stereocenters. The molecule has 2 aromatic carbocycles. The van der Waals surface area contributed by atoms with Crippen LogP contribution in [-0.2, 0) is 11.2 Å². The van der Waals surface area contributed by atoms with Crippen LogP contribution >= 0.6 is 24.8 Å². The van der Waals surface area contributed by atoms with Gasteiger partial charge in [0, 0.05) is 32.4 Å². The van der Waals surface area contributed by atoms with Crippen molar-refractivity contribution in [3.05, 3.63) is 65.7 Å². The number of β-amino-alcohol motifs (C(OH)–C–C–N with tert-alkyl or cyclic N) is 1. The second kappa shape index (κ2) is 14.2. The predicted octanol–water partition coefficient (Wildman–Crippen LogP) is 1.27. The van der Waals surface area contributed by atoms with Crippen LogP contribution in [0.3, 0.4) is 0 Å². The molecule has 1 heterocycles. The number of rotatable bonds is 6. The average molecular weight is 462 g/mol. The van der Waals surface area contributed by atoms with Crippen LogP contribution < -0.4 is 5.73 Å². The summed E-state index contributed by atoms with van der Waals surface area (Å²) in [5.74, 6) is 0.0726. The Bertz CT molecular complexity index is 735. The second-order valence-electron chi connectivity index (χ2n) is 7.05. The number of halogens is 2. The molecular formula is C21H33Cl2N3O4. The van der Waals surface area contributed by atoms with Gasteiger partial charge in [0.1, 0.15) is 0 Å². The molecule has 7 nitrogen and oxygen atoms in total. The molecule has 1 fully saturated rings. The highest BCUT2D eigenvalue weighted by Crippen LogP contribution is 2.24. The molecular weight excluding hydrogens is 429 g/mol. The molecule has 0 aliphatic carbocycles. The summed E-state index contributed by atoms with van der Waals surface area (Å²) >= 11 is 0. The molecule has 0 bridgehead atoms. The number of carbonyl (C=O) groups excluding carboxylic acids is 1. The summed E-state index contributed by atoms with van der Waals surface area (Å²) in [6.07, 6.45) is 0.884. The van der Waals surface area contributed by atoms with E-state index in [2.05, 4.69) is 17.0 Å². The largest absolute Gasteiger partial charge is 0.412 e. The highest BCUT2D eigenvalue weighted by Gasteiger charge is 2.28. The zero-order chi connectivity index (χ0) is 18.5. The van der Waals surface area contributed by atoms with E-state index in [1.807, 2.05) is 54.4 Å². The minimum absolute atomic E-state index is 0. The number of carbonyl (C=O) groups is 1. The Hall–Kier alpha value is -1.87. The fourth-order valence-corrected chi connectivity index (χ4v) is 3.46. The van der Waals surface area contributed by atoms with Crippen molar-refractivity contribution in [1.29, 1.82) is 0 Å². The van der Waals surface area contributed by atoms with E-state index in [1.54, 1.807) is 0 Å². The minimum atomic E-state index is -0.262. The van der Waals surface area contributed by atoms with Gasteiger partial charge in [-0.25, -0.2) is 0 Å². The third-order valence-corrected chi connectivity index (χ3v) is 5.06. The van der Waals surface area contributed by atoms with Crippen molar-refractivity contribution in [2.24, 2.45) is 0 Å². The highest BCUT2D eigenvalue weighted by atomic mass is 35.5. The van der Waals surface area contributed by atoms with E-state index in [9.17, 15) is 9.90 Å². The Morgan fingerprint density at radius 2 is 1.73 bits per heavy atom. The SMILES string of the molecule is CN(C(=O)Cc1ccc(N)cc1)[C@@H](CN1CCC(O)C1)c1ccccc1.Cl.Cl.O.O. The van der Waals surface area contributed by atoms with E-state index in [0.717, 1.165) is 30.6 Å². The van der Waals surface area contributed by atoms with E-state index < -0.39 is 0 Å². The lowest BCUT2D eigenvalue weighted by molar-refractivity contribution is -0.131. The van der Waals surface area contributed by atoms with Gasteiger partial charge in [-0.15, -0.1) is 24.8 Å². The zero-order valence-corrected chi connectivity index (χ0v) is 18.7. The number of anilines is 1. The van der Waals surface area contributed by atoms with Gasteiger partial charge in [0.05, 0.1) is 18.6 Å². The number of nitrogens with zero attached hydrogens (tertiary/aromatic N) is 2. The number of aliphatic hydroxyl groups excluding tert-OH is 1. The topological polar surface area (TPSA) is 133 Å². The van der Waals surface area contributed by atoms with Crippen molar-refractivity contribution in [2.75, 3.05) is 32.4 Å². The van der Waals surface area contributed by atoms with Crippen LogP contribution in [0.25, 0.3) is 0 Å². The van der Waals surface area contributed by atoms with Crippen LogP contribution in [0.5, 0.6) is 0 Å². The summed E-state index contributed by atoms with van der Waals surface area (Å²) in [5, 5.41) is 9.82. The van der Waals surface area contributed by atoms with Gasteiger partial charge in [0.15, 0.2) is 0 Å². The third kappa shape index (κ3) is 8.10. The van der Waals surface area contributed by atoms with Crippen molar-refractivity contribution in [1.82, 2.24) is 9.80 Å². The number of amides is 1. The molecule has 0 spiro atoms. The van der Waals surface area contributed by atoms with Gasteiger partial charge in [0.25, 0.3) is 0 Å². The van der Waals surface area contributed by atoms with E-state index in [4.69, 9.17) is 5.73 Å². The summed E-state index contributed by atoms with van der Waals surface area (Å²) in [7, 11) is 1.86. The van der Waals surface area contributed by atoms with Gasteiger partial charge in [-0.3, -0.25) is 9.69 Å². The Morgan fingerprint density at radius 3 is 2.27 bits per heavy atom. The normalized spacial score (nSPS) is 16.1. The van der Waals surface area contributed by atoms with Gasteiger partial charge >= 0.3 is 0 Å². The van der Waals surface area contributed by atoms with E-state index >= 15 is 0 Å². The average Bonchev–Trinajstić information content (AvgIpc) is 3.07. The molecule has 0 radical (unpaired) electrons.